The number of nitrogens with zero attached hydrogens (tertiary/aromatic N) is 5. The molecule has 1 spiro atoms. The SMILES string of the molecule is O=C(NS(=O)(=O)c1cnc(NCC2C3COCC23)c([N+](=O)[O-])c1)c1ccc(N2CCC3(CC2)CC(N2CCCC2c2ccccc2C2CC2)C3)cc1Oc1cnc2[nH]ccc2c1. The first-order valence-electron chi connectivity index (χ1n) is 22.0. The number of hydrogen-bond acceptors (Lipinski definition) is 12. The number of fused-ring (bicyclic) bond motifs is 2. The summed E-state index contributed by atoms with van der Waals surface area (Å²) in [6.45, 7) is 4.69. The Kier molecular flexibility index (Phi) is 9.72. The number of aromatic amines is 1. The summed E-state index contributed by atoms with van der Waals surface area (Å²) in [5.74, 6) is 1.46. The standard InChI is InChI=1S/C46H50N8O7S/c55-45(51-62(58,59)33-20-41(54(56)57)44(49-24-33)50-25-37-38-26-60-27-39(37)38)36-10-9-30(19-42(36)61-32-18-29-11-14-47-43(29)48-23-32)52-16-12-46(13-17-52)21-31(22-46)53-15-3-6-40(53)35-5-2-1-4-34(35)28-7-8-28/h1-2,4-5,9-11,14,18-20,23-24,28,31,37-40H,3,6-8,12-13,15-17,21-22,25-27H2,(H,47,48)(H,49,50)(H,51,55). The molecule has 62 heavy (non-hydrogen) atoms. The molecule has 6 fully saturated rings. The van der Waals surface area contributed by atoms with Crippen LogP contribution in [0.2, 0.25) is 0 Å². The van der Waals surface area contributed by atoms with Crippen molar-refractivity contribution >= 4 is 44.2 Å². The molecule has 3 aliphatic carbocycles. The molecular weight excluding hydrogens is 809 g/mol. The molecule has 1 amide bonds. The van der Waals surface area contributed by atoms with Gasteiger partial charge in [-0.15, -0.1) is 0 Å². The lowest BCUT2D eigenvalue weighted by molar-refractivity contribution is -0.384. The minimum atomic E-state index is -4.59. The van der Waals surface area contributed by atoms with Crippen LogP contribution in [0.3, 0.4) is 0 Å². The zero-order chi connectivity index (χ0) is 42.2. The van der Waals surface area contributed by atoms with E-state index in [1.54, 1.807) is 41.7 Å². The maximum Gasteiger partial charge on any atom is 0.312 e. The summed E-state index contributed by atoms with van der Waals surface area (Å²) >= 11 is 0. The number of nitrogens with one attached hydrogen (secondary N) is 3. The quantitative estimate of drug-likeness (QED) is 0.0782. The van der Waals surface area contributed by atoms with Crippen molar-refractivity contribution in [1.29, 1.82) is 0 Å². The lowest BCUT2D eigenvalue weighted by atomic mass is 9.59. The number of rotatable bonds is 13. The fourth-order valence-corrected chi connectivity index (χ4v) is 11.9. The number of likely N-dealkylation sites (tertiary alicyclic amines) is 1. The highest BCUT2D eigenvalue weighted by molar-refractivity contribution is 7.90. The van der Waals surface area contributed by atoms with Crippen LogP contribution >= 0.6 is 0 Å². The Morgan fingerprint density at radius 2 is 1.76 bits per heavy atom. The zero-order valence-electron chi connectivity index (χ0n) is 34.4. The minimum absolute atomic E-state index is 0.0232. The Bertz CT molecular complexity index is 2660. The maximum absolute atomic E-state index is 13.9. The van der Waals surface area contributed by atoms with Crippen molar-refractivity contribution in [3.8, 4) is 11.5 Å². The lowest BCUT2D eigenvalue weighted by Crippen LogP contribution is -2.54. The first kappa shape index (κ1) is 39.3. The van der Waals surface area contributed by atoms with Crippen molar-refractivity contribution in [2.24, 2.45) is 23.2 Å². The van der Waals surface area contributed by atoms with Crippen molar-refractivity contribution in [3.63, 3.8) is 0 Å². The van der Waals surface area contributed by atoms with Crippen molar-refractivity contribution < 1.29 is 27.6 Å². The van der Waals surface area contributed by atoms with Gasteiger partial charge in [0.15, 0.2) is 0 Å². The normalized spacial score (nSPS) is 24.5. The Morgan fingerprint density at radius 3 is 2.53 bits per heavy atom. The molecular formula is C46H50N8O7S. The second kappa shape index (κ2) is 15.3. The average Bonchev–Trinajstić information content (AvgIpc) is 3.97. The smallest absolute Gasteiger partial charge is 0.312 e. The summed E-state index contributed by atoms with van der Waals surface area (Å²) < 4.78 is 41.2. The third kappa shape index (κ3) is 7.34. The molecule has 3 N–H and O–H groups in total. The summed E-state index contributed by atoms with van der Waals surface area (Å²) in [7, 11) is -4.59. The van der Waals surface area contributed by atoms with Crippen molar-refractivity contribution in [2.45, 2.75) is 74.3 Å². The number of pyridine rings is 2. The van der Waals surface area contributed by atoms with Crippen LogP contribution in [0.1, 0.15) is 84.8 Å². The number of carbonyl (C=O) groups is 1. The van der Waals surface area contributed by atoms with Crippen LogP contribution in [-0.4, -0.2) is 84.5 Å². The van der Waals surface area contributed by atoms with Crippen LogP contribution in [0.5, 0.6) is 11.5 Å². The van der Waals surface area contributed by atoms with E-state index in [-0.39, 0.29) is 17.1 Å². The van der Waals surface area contributed by atoms with Gasteiger partial charge in [-0.1, -0.05) is 24.3 Å². The molecule has 3 unspecified atom stereocenters. The molecule has 16 heteroatoms. The predicted molar refractivity (Wildman–Crippen MR) is 232 cm³/mol. The van der Waals surface area contributed by atoms with Crippen LogP contribution in [0.15, 0.2) is 84.1 Å². The molecule has 3 saturated heterocycles. The highest BCUT2D eigenvalue weighted by Crippen LogP contribution is 2.55. The Labute approximate surface area is 359 Å². The minimum Gasteiger partial charge on any atom is -0.455 e. The lowest BCUT2D eigenvalue weighted by Gasteiger charge is -2.56. The van der Waals surface area contributed by atoms with Gasteiger partial charge >= 0.3 is 5.69 Å². The Hall–Kier alpha value is -5.58. The molecule has 0 radical (unpaired) electrons. The van der Waals surface area contributed by atoms with Crippen LogP contribution in [-0.2, 0) is 14.8 Å². The molecule has 15 nitrogen and oxygen atoms in total. The Morgan fingerprint density at radius 1 is 0.968 bits per heavy atom. The van der Waals surface area contributed by atoms with E-state index in [0.29, 0.717) is 66.4 Å². The number of nitro groups is 1. The molecule has 3 aromatic heterocycles. The molecule has 6 aliphatic rings. The molecule has 2 aromatic carbocycles. The van der Waals surface area contributed by atoms with Crippen LogP contribution in [0, 0.1) is 33.3 Å². The first-order valence-corrected chi connectivity index (χ1v) is 23.5. The summed E-state index contributed by atoms with van der Waals surface area (Å²) in [5.41, 5.74) is 4.47. The predicted octanol–water partition coefficient (Wildman–Crippen LogP) is 7.54. The highest BCUT2D eigenvalue weighted by Gasteiger charge is 2.54. The van der Waals surface area contributed by atoms with E-state index >= 15 is 0 Å². The largest absolute Gasteiger partial charge is 0.455 e. The number of ether oxygens (including phenoxy) is 2. The van der Waals surface area contributed by atoms with Gasteiger partial charge in [0, 0.05) is 61.1 Å². The fraction of sp³-hybridized carbons (Fsp3) is 0.457. The number of amides is 1. The summed E-state index contributed by atoms with van der Waals surface area (Å²) in [4.78, 5) is 41.5. The summed E-state index contributed by atoms with van der Waals surface area (Å²) in [5, 5.41) is 15.9. The van der Waals surface area contributed by atoms with Gasteiger partial charge in [-0.05, 0) is 122 Å². The van der Waals surface area contributed by atoms with E-state index in [9.17, 15) is 23.3 Å². The molecule has 3 aliphatic heterocycles. The van der Waals surface area contributed by atoms with Gasteiger partial charge in [-0.2, -0.15) is 0 Å². The molecule has 0 bridgehead atoms. The zero-order valence-corrected chi connectivity index (χ0v) is 35.2. The van der Waals surface area contributed by atoms with Gasteiger partial charge in [-0.25, -0.2) is 23.1 Å². The fourth-order valence-electron chi connectivity index (χ4n) is 11.0. The van der Waals surface area contributed by atoms with E-state index < -0.39 is 31.4 Å². The van der Waals surface area contributed by atoms with Gasteiger partial charge < -0.3 is 24.7 Å². The summed E-state index contributed by atoms with van der Waals surface area (Å²) in [6.07, 6.45) is 14.0. The Balaban J connectivity index is 0.790. The van der Waals surface area contributed by atoms with Crippen molar-refractivity contribution in [3.05, 3.63) is 106 Å². The first-order chi connectivity index (χ1) is 30.1. The highest BCUT2D eigenvalue weighted by atomic mass is 32.2. The van der Waals surface area contributed by atoms with Gasteiger partial charge in [0.25, 0.3) is 15.9 Å². The molecule has 6 heterocycles. The van der Waals surface area contributed by atoms with E-state index in [0.717, 1.165) is 55.2 Å². The average molecular weight is 859 g/mol. The molecule has 5 aromatic rings. The van der Waals surface area contributed by atoms with Crippen LogP contribution in [0.4, 0.5) is 17.2 Å². The number of sulfonamides is 1. The number of hydrogen-bond donors (Lipinski definition) is 3. The van der Waals surface area contributed by atoms with Crippen molar-refractivity contribution in [1.82, 2.24) is 24.6 Å². The third-order valence-corrected chi connectivity index (χ3v) is 16.0. The second-order valence-electron chi connectivity index (χ2n) is 18.4. The molecule has 322 valence electrons. The number of carbonyl (C=O) groups excluding carboxylic acids is 1. The monoisotopic (exact) mass is 858 g/mol. The maximum atomic E-state index is 13.9. The van der Waals surface area contributed by atoms with Gasteiger partial charge in [0.1, 0.15) is 22.0 Å². The van der Waals surface area contributed by atoms with Crippen LogP contribution < -0.4 is 19.7 Å². The number of benzene rings is 2. The van der Waals surface area contributed by atoms with E-state index in [2.05, 4.69) is 59.1 Å². The number of anilines is 2. The second-order valence-corrected chi connectivity index (χ2v) is 20.0. The van der Waals surface area contributed by atoms with Crippen LogP contribution in [0.25, 0.3) is 11.0 Å². The topological polar surface area (TPSA) is 185 Å². The molecule has 3 atom stereocenters. The number of aromatic nitrogens is 3. The number of piperidine rings is 1. The van der Waals surface area contributed by atoms with E-state index in [1.807, 2.05) is 12.1 Å². The molecule has 11 rings (SSSR count). The van der Waals surface area contributed by atoms with Gasteiger partial charge in [-0.3, -0.25) is 19.8 Å². The van der Waals surface area contributed by atoms with E-state index in [1.165, 1.54) is 45.1 Å². The molecule has 3 saturated carbocycles. The third-order valence-electron chi connectivity index (χ3n) is 14.7. The van der Waals surface area contributed by atoms with Crippen molar-refractivity contribution in [2.75, 3.05) is 49.6 Å². The number of H-pyrrole nitrogens is 1. The van der Waals surface area contributed by atoms with Gasteiger partial charge in [0.2, 0.25) is 5.82 Å². The van der Waals surface area contributed by atoms with Gasteiger partial charge in [0.05, 0.1) is 36.1 Å². The summed E-state index contributed by atoms with van der Waals surface area (Å²) in [6, 6.07) is 20.0. The van der Waals surface area contributed by atoms with E-state index in [4.69, 9.17) is 9.47 Å².